The molecule has 0 saturated heterocycles. The van der Waals surface area contributed by atoms with Crippen molar-refractivity contribution in [2.24, 2.45) is 0 Å². The number of hydrogen-bond acceptors (Lipinski definition) is 5. The Morgan fingerprint density at radius 2 is 1.76 bits per heavy atom. The summed E-state index contributed by atoms with van der Waals surface area (Å²) in [4.78, 5) is 24.3. The molecule has 2 aromatic carbocycles. The summed E-state index contributed by atoms with van der Waals surface area (Å²) < 4.78 is 31.7. The van der Waals surface area contributed by atoms with Gasteiger partial charge in [0.05, 0.1) is 15.5 Å². The number of rotatable bonds is 8. The number of aryl methyl sites for hydroxylation is 1. The van der Waals surface area contributed by atoms with E-state index in [9.17, 15) is 18.0 Å². The molecule has 0 radical (unpaired) electrons. The van der Waals surface area contributed by atoms with Crippen LogP contribution >= 0.6 is 11.6 Å². The molecule has 0 fully saturated rings. The fourth-order valence-corrected chi connectivity index (χ4v) is 4.33. The Bertz CT molecular complexity index is 1000. The zero-order chi connectivity index (χ0) is 21.6. The summed E-state index contributed by atoms with van der Waals surface area (Å²) in [5, 5.41) is 2.81. The summed E-state index contributed by atoms with van der Waals surface area (Å²) >= 11 is 5.93. The van der Waals surface area contributed by atoms with Crippen LogP contribution in [-0.4, -0.2) is 44.3 Å². The minimum Gasteiger partial charge on any atom is -0.452 e. The Morgan fingerprint density at radius 3 is 2.38 bits per heavy atom. The highest BCUT2D eigenvalue weighted by Crippen LogP contribution is 2.23. The van der Waals surface area contributed by atoms with Crippen LogP contribution in [0.3, 0.4) is 0 Å². The second-order valence-electron chi connectivity index (χ2n) is 6.17. The molecule has 0 bridgehead atoms. The van der Waals surface area contributed by atoms with Gasteiger partial charge in [0, 0.05) is 18.8 Å². The van der Waals surface area contributed by atoms with E-state index in [0.29, 0.717) is 24.3 Å². The third-order valence-electron chi connectivity index (χ3n) is 4.25. The summed E-state index contributed by atoms with van der Waals surface area (Å²) in [6.07, 6.45) is 0. The summed E-state index contributed by atoms with van der Waals surface area (Å²) in [6.45, 7) is 5.39. The predicted molar refractivity (Wildman–Crippen MR) is 112 cm³/mol. The van der Waals surface area contributed by atoms with Crippen molar-refractivity contribution in [1.29, 1.82) is 0 Å². The second-order valence-corrected chi connectivity index (χ2v) is 8.52. The smallest absolute Gasteiger partial charge is 0.340 e. The maximum atomic E-state index is 12.7. The number of hydrogen-bond donors (Lipinski definition) is 1. The van der Waals surface area contributed by atoms with Gasteiger partial charge in [-0.15, -0.1) is 0 Å². The number of carbonyl (C=O) groups is 2. The lowest BCUT2D eigenvalue weighted by Crippen LogP contribution is -2.30. The molecule has 9 heteroatoms. The number of amides is 1. The number of nitrogens with zero attached hydrogens (tertiary/aromatic N) is 1. The van der Waals surface area contributed by atoms with Crippen LogP contribution in [0.15, 0.2) is 47.4 Å². The van der Waals surface area contributed by atoms with E-state index in [2.05, 4.69) is 5.32 Å². The molecular weight excluding hydrogens is 416 g/mol. The molecule has 7 nitrogen and oxygen atoms in total. The van der Waals surface area contributed by atoms with E-state index in [1.54, 1.807) is 45.0 Å². The molecule has 0 aromatic heterocycles. The van der Waals surface area contributed by atoms with Gasteiger partial charge in [-0.3, -0.25) is 4.79 Å². The van der Waals surface area contributed by atoms with Crippen molar-refractivity contribution < 1.29 is 22.7 Å². The van der Waals surface area contributed by atoms with E-state index in [-0.39, 0.29) is 15.5 Å². The topological polar surface area (TPSA) is 92.8 Å². The number of benzene rings is 2. The minimum absolute atomic E-state index is 0.0789. The number of halogens is 1. The fraction of sp³-hybridized carbons (Fsp3) is 0.300. The highest BCUT2D eigenvalue weighted by atomic mass is 35.5. The number of nitrogens with one attached hydrogen (secondary N) is 1. The third-order valence-corrected chi connectivity index (χ3v) is 6.63. The Kier molecular flexibility index (Phi) is 7.78. The molecule has 2 rings (SSSR count). The van der Waals surface area contributed by atoms with Crippen molar-refractivity contribution in [3.63, 3.8) is 0 Å². The average Bonchev–Trinajstić information content (AvgIpc) is 2.68. The molecule has 2 aromatic rings. The van der Waals surface area contributed by atoms with Gasteiger partial charge in [0.25, 0.3) is 5.91 Å². The second kappa shape index (κ2) is 9.87. The van der Waals surface area contributed by atoms with Crippen molar-refractivity contribution in [2.75, 3.05) is 25.0 Å². The van der Waals surface area contributed by atoms with E-state index in [1.165, 1.54) is 22.5 Å². The summed E-state index contributed by atoms with van der Waals surface area (Å²) in [5.41, 5.74) is 1.16. The van der Waals surface area contributed by atoms with Crippen molar-refractivity contribution in [2.45, 2.75) is 25.7 Å². The van der Waals surface area contributed by atoms with Crippen LogP contribution in [0.25, 0.3) is 0 Å². The van der Waals surface area contributed by atoms with Crippen LogP contribution in [0.1, 0.15) is 29.8 Å². The van der Waals surface area contributed by atoms with Crippen molar-refractivity contribution in [3.05, 3.63) is 58.6 Å². The number of esters is 1. The van der Waals surface area contributed by atoms with E-state index < -0.39 is 28.5 Å². The van der Waals surface area contributed by atoms with Gasteiger partial charge in [0.2, 0.25) is 10.0 Å². The highest BCUT2D eigenvalue weighted by Gasteiger charge is 2.22. The molecule has 0 unspecified atom stereocenters. The zero-order valence-corrected chi connectivity index (χ0v) is 18.0. The molecule has 0 heterocycles. The van der Waals surface area contributed by atoms with Crippen molar-refractivity contribution in [1.82, 2.24) is 4.31 Å². The van der Waals surface area contributed by atoms with Gasteiger partial charge < -0.3 is 10.1 Å². The van der Waals surface area contributed by atoms with Crippen LogP contribution in [0, 0.1) is 6.92 Å². The van der Waals surface area contributed by atoms with Crippen LogP contribution in [-0.2, 0) is 19.6 Å². The Hall–Kier alpha value is -2.42. The van der Waals surface area contributed by atoms with Gasteiger partial charge in [-0.2, -0.15) is 4.31 Å². The number of anilines is 1. The lowest BCUT2D eigenvalue weighted by atomic mass is 10.2. The zero-order valence-electron chi connectivity index (χ0n) is 16.4. The lowest BCUT2D eigenvalue weighted by Gasteiger charge is -2.19. The highest BCUT2D eigenvalue weighted by molar-refractivity contribution is 7.89. The first-order valence-electron chi connectivity index (χ1n) is 9.03. The standard InChI is InChI=1S/C20H23ClN2O5S/c1-4-23(5-2)29(26,27)15-11-10-14(3)18(12-15)22-19(24)13-28-20(25)16-8-6-7-9-17(16)21/h6-12H,4-5,13H2,1-3H3,(H,22,24). The van der Waals surface area contributed by atoms with Gasteiger partial charge in [0.15, 0.2) is 6.61 Å². The molecule has 1 amide bonds. The van der Waals surface area contributed by atoms with Gasteiger partial charge in [0.1, 0.15) is 0 Å². The molecule has 0 spiro atoms. The summed E-state index contributed by atoms with van der Waals surface area (Å²) in [5.74, 6) is -1.31. The molecule has 1 N–H and O–H groups in total. The lowest BCUT2D eigenvalue weighted by molar-refractivity contribution is -0.119. The fourth-order valence-electron chi connectivity index (χ4n) is 2.63. The first-order valence-corrected chi connectivity index (χ1v) is 10.8. The number of carbonyl (C=O) groups excluding carboxylic acids is 2. The normalized spacial score (nSPS) is 11.3. The summed E-state index contributed by atoms with van der Waals surface area (Å²) in [7, 11) is -3.66. The molecule has 0 aliphatic rings. The molecule has 0 aliphatic carbocycles. The van der Waals surface area contributed by atoms with E-state index in [0.717, 1.165) is 0 Å². The summed E-state index contributed by atoms with van der Waals surface area (Å²) in [6, 6.07) is 10.9. The SMILES string of the molecule is CCN(CC)S(=O)(=O)c1ccc(C)c(NC(=O)COC(=O)c2ccccc2Cl)c1. The van der Waals surface area contributed by atoms with Crippen molar-refractivity contribution >= 4 is 39.2 Å². The molecule has 156 valence electrons. The van der Waals surface area contributed by atoms with Crippen LogP contribution in [0.4, 0.5) is 5.69 Å². The Labute approximate surface area is 175 Å². The molecule has 0 aliphatic heterocycles. The first-order chi connectivity index (χ1) is 13.7. The van der Waals surface area contributed by atoms with Gasteiger partial charge in [-0.1, -0.05) is 43.6 Å². The first kappa shape index (κ1) is 22.9. The number of ether oxygens (including phenoxy) is 1. The van der Waals surface area contributed by atoms with Gasteiger partial charge in [-0.25, -0.2) is 13.2 Å². The van der Waals surface area contributed by atoms with Crippen LogP contribution < -0.4 is 5.32 Å². The van der Waals surface area contributed by atoms with Crippen LogP contribution in [0.5, 0.6) is 0 Å². The maximum absolute atomic E-state index is 12.7. The number of sulfonamides is 1. The third kappa shape index (κ3) is 5.56. The van der Waals surface area contributed by atoms with Gasteiger partial charge in [-0.05, 0) is 36.8 Å². The maximum Gasteiger partial charge on any atom is 0.340 e. The van der Waals surface area contributed by atoms with Crippen LogP contribution in [0.2, 0.25) is 5.02 Å². The minimum atomic E-state index is -3.66. The van der Waals surface area contributed by atoms with Crippen molar-refractivity contribution in [3.8, 4) is 0 Å². The predicted octanol–water partition coefficient (Wildman–Crippen LogP) is 3.47. The quantitative estimate of drug-likeness (QED) is 0.637. The molecule has 29 heavy (non-hydrogen) atoms. The molecular formula is C20H23ClN2O5S. The van der Waals surface area contributed by atoms with E-state index >= 15 is 0 Å². The monoisotopic (exact) mass is 438 g/mol. The molecule has 0 saturated carbocycles. The average molecular weight is 439 g/mol. The van der Waals surface area contributed by atoms with E-state index in [4.69, 9.17) is 16.3 Å². The van der Waals surface area contributed by atoms with Gasteiger partial charge >= 0.3 is 5.97 Å². The van der Waals surface area contributed by atoms with E-state index in [1.807, 2.05) is 0 Å². The Morgan fingerprint density at radius 1 is 1.10 bits per heavy atom. The Balaban J connectivity index is 2.10. The largest absolute Gasteiger partial charge is 0.452 e. The molecule has 0 atom stereocenters.